The normalized spacial score (nSPS) is 10.1. The molecule has 88 valence electrons. The Hall–Kier alpha value is -1.88. The number of benzene rings is 1. The molecule has 1 aromatic carbocycles. The van der Waals surface area contributed by atoms with Gasteiger partial charge in [-0.2, -0.15) is 0 Å². The van der Waals surface area contributed by atoms with Crippen LogP contribution in [0.4, 0.5) is 5.69 Å². The zero-order chi connectivity index (χ0) is 12.1. The van der Waals surface area contributed by atoms with E-state index in [-0.39, 0.29) is 0 Å². The van der Waals surface area contributed by atoms with Crippen LogP contribution in [0.1, 0.15) is 15.4 Å². The number of aromatic nitrogens is 1. The highest BCUT2D eigenvalue weighted by Crippen LogP contribution is 2.10. The molecule has 2 N–H and O–H groups in total. The molecule has 1 heterocycles. The highest BCUT2D eigenvalue weighted by Gasteiger charge is 2.01. The lowest BCUT2D eigenvalue weighted by atomic mass is 10.2. The van der Waals surface area contributed by atoms with E-state index in [1.807, 2.05) is 5.38 Å². The van der Waals surface area contributed by atoms with Crippen LogP contribution in [0.5, 0.6) is 0 Å². The molecule has 0 fully saturated rings. The number of hydrogen-bond acceptors (Lipinski definition) is 4. The molecule has 1 aromatic heterocycles. The zero-order valence-electron chi connectivity index (χ0n) is 9.09. The Bertz CT molecular complexity index is 480. The lowest BCUT2D eigenvalue weighted by Crippen LogP contribution is -2.05. The van der Waals surface area contributed by atoms with Gasteiger partial charge in [-0.1, -0.05) is 0 Å². The molecule has 2 aromatic rings. The molecule has 0 saturated carbocycles. The van der Waals surface area contributed by atoms with Crippen molar-refractivity contribution in [2.45, 2.75) is 6.42 Å². The molecule has 0 spiro atoms. The fourth-order valence-electron chi connectivity index (χ4n) is 1.42. The van der Waals surface area contributed by atoms with Crippen LogP contribution in [0.15, 0.2) is 35.8 Å². The van der Waals surface area contributed by atoms with Gasteiger partial charge in [-0.25, -0.2) is 9.78 Å². The van der Waals surface area contributed by atoms with Crippen molar-refractivity contribution >= 4 is 23.0 Å². The van der Waals surface area contributed by atoms with Crippen molar-refractivity contribution in [1.82, 2.24) is 4.98 Å². The number of carboxylic acids is 1. The van der Waals surface area contributed by atoms with Crippen molar-refractivity contribution < 1.29 is 9.90 Å². The molecule has 0 aliphatic rings. The molecular formula is C12H12N2O2S. The molecule has 5 heteroatoms. The second-order valence-corrected chi connectivity index (χ2v) is 4.46. The summed E-state index contributed by atoms with van der Waals surface area (Å²) in [5.74, 6) is -0.903. The molecule has 0 atom stereocenters. The van der Waals surface area contributed by atoms with Crippen LogP contribution >= 0.6 is 11.3 Å². The van der Waals surface area contributed by atoms with Crippen LogP contribution in [0, 0.1) is 0 Å². The van der Waals surface area contributed by atoms with E-state index in [4.69, 9.17) is 5.11 Å². The lowest BCUT2D eigenvalue weighted by molar-refractivity contribution is 0.0697. The third-order valence-corrected chi connectivity index (χ3v) is 3.12. The Labute approximate surface area is 103 Å². The number of anilines is 1. The average molecular weight is 248 g/mol. The Morgan fingerprint density at radius 3 is 2.71 bits per heavy atom. The van der Waals surface area contributed by atoms with E-state index in [2.05, 4.69) is 10.3 Å². The molecule has 0 aliphatic carbocycles. The molecule has 0 aliphatic heterocycles. The number of carbonyl (C=O) groups is 1. The first-order chi connectivity index (χ1) is 8.25. The number of hydrogen-bond donors (Lipinski definition) is 2. The topological polar surface area (TPSA) is 62.2 Å². The third kappa shape index (κ3) is 3.29. The van der Waals surface area contributed by atoms with Crippen molar-refractivity contribution in [3.8, 4) is 0 Å². The van der Waals surface area contributed by atoms with Crippen molar-refractivity contribution in [1.29, 1.82) is 0 Å². The molecule has 0 saturated heterocycles. The maximum Gasteiger partial charge on any atom is 0.335 e. The summed E-state index contributed by atoms with van der Waals surface area (Å²) in [5.41, 5.74) is 1.22. The number of nitrogens with one attached hydrogen (secondary N) is 1. The van der Waals surface area contributed by atoms with E-state index >= 15 is 0 Å². The minimum atomic E-state index is -0.903. The number of thiazole rings is 1. The minimum absolute atomic E-state index is 0.301. The van der Waals surface area contributed by atoms with Crippen LogP contribution in [0.3, 0.4) is 0 Å². The predicted molar refractivity (Wildman–Crippen MR) is 67.7 cm³/mol. The summed E-state index contributed by atoms with van der Waals surface area (Å²) in [6, 6.07) is 6.72. The first-order valence-corrected chi connectivity index (χ1v) is 6.09. The maximum absolute atomic E-state index is 10.7. The Morgan fingerprint density at radius 1 is 1.35 bits per heavy atom. The fourth-order valence-corrected chi connectivity index (χ4v) is 2.04. The molecule has 0 unspecified atom stereocenters. The van der Waals surface area contributed by atoms with Crippen LogP contribution in [-0.2, 0) is 6.42 Å². The lowest BCUT2D eigenvalue weighted by Gasteiger charge is -2.05. The van der Waals surface area contributed by atoms with E-state index < -0.39 is 5.97 Å². The summed E-state index contributed by atoms with van der Waals surface area (Å²) >= 11 is 1.64. The molecule has 0 bridgehead atoms. The van der Waals surface area contributed by atoms with Crippen LogP contribution in [0.2, 0.25) is 0 Å². The second kappa shape index (κ2) is 5.45. The van der Waals surface area contributed by atoms with Gasteiger partial charge in [0.25, 0.3) is 0 Å². The predicted octanol–water partition coefficient (Wildman–Crippen LogP) is 2.50. The maximum atomic E-state index is 10.7. The summed E-state index contributed by atoms with van der Waals surface area (Å²) < 4.78 is 0. The average Bonchev–Trinajstić information content (AvgIpc) is 2.83. The summed E-state index contributed by atoms with van der Waals surface area (Å²) in [7, 11) is 0. The van der Waals surface area contributed by atoms with Gasteiger partial charge in [0.15, 0.2) is 0 Å². The third-order valence-electron chi connectivity index (χ3n) is 2.28. The minimum Gasteiger partial charge on any atom is -0.478 e. The summed E-state index contributed by atoms with van der Waals surface area (Å²) in [6.07, 6.45) is 2.67. The number of nitrogens with zero attached hydrogens (tertiary/aromatic N) is 1. The second-order valence-electron chi connectivity index (χ2n) is 3.49. The van der Waals surface area contributed by atoms with Crippen molar-refractivity contribution in [2.24, 2.45) is 0 Å². The summed E-state index contributed by atoms with van der Waals surface area (Å²) in [5, 5.41) is 15.0. The quantitative estimate of drug-likeness (QED) is 0.853. The van der Waals surface area contributed by atoms with Gasteiger partial charge in [0.2, 0.25) is 0 Å². The Balaban J connectivity index is 1.85. The van der Waals surface area contributed by atoms with E-state index in [1.165, 1.54) is 0 Å². The van der Waals surface area contributed by atoms with Crippen LogP contribution in [0.25, 0.3) is 0 Å². The van der Waals surface area contributed by atoms with Crippen LogP contribution < -0.4 is 5.32 Å². The molecule has 0 radical (unpaired) electrons. The first-order valence-electron chi connectivity index (χ1n) is 5.21. The van der Waals surface area contributed by atoms with Gasteiger partial charge in [-0.05, 0) is 24.3 Å². The Kier molecular flexibility index (Phi) is 3.72. The summed E-state index contributed by atoms with van der Waals surface area (Å²) in [6.45, 7) is 0.792. The van der Waals surface area contributed by atoms with E-state index in [0.29, 0.717) is 5.56 Å². The number of aromatic carboxylic acids is 1. The highest BCUT2D eigenvalue weighted by atomic mass is 32.1. The van der Waals surface area contributed by atoms with E-state index in [1.54, 1.807) is 41.8 Å². The van der Waals surface area contributed by atoms with Crippen molar-refractivity contribution in [2.75, 3.05) is 11.9 Å². The van der Waals surface area contributed by atoms with Gasteiger partial charge >= 0.3 is 5.97 Å². The summed E-state index contributed by atoms with van der Waals surface area (Å²) in [4.78, 5) is 14.8. The van der Waals surface area contributed by atoms with E-state index in [9.17, 15) is 4.79 Å². The fraction of sp³-hybridized carbons (Fsp3) is 0.167. The first kappa shape index (κ1) is 11.6. The van der Waals surface area contributed by atoms with Crippen LogP contribution in [-0.4, -0.2) is 22.6 Å². The van der Waals surface area contributed by atoms with Gasteiger partial charge in [-0.3, -0.25) is 0 Å². The monoisotopic (exact) mass is 248 g/mol. The smallest absolute Gasteiger partial charge is 0.335 e. The number of rotatable bonds is 5. The van der Waals surface area contributed by atoms with Gasteiger partial charge in [0.1, 0.15) is 0 Å². The standard InChI is InChI=1S/C12H12N2O2S/c15-12(16)9-1-3-10(4-2-9)13-6-5-11-14-7-8-17-11/h1-4,7-8,13H,5-6H2,(H,15,16). The molecular weight excluding hydrogens is 236 g/mol. The van der Waals surface area contributed by atoms with Gasteiger partial charge in [0.05, 0.1) is 10.6 Å². The SMILES string of the molecule is O=C(O)c1ccc(NCCc2nccs2)cc1. The molecule has 2 rings (SSSR count). The Morgan fingerprint density at radius 2 is 2.12 bits per heavy atom. The zero-order valence-corrected chi connectivity index (χ0v) is 9.91. The van der Waals surface area contributed by atoms with Gasteiger partial charge < -0.3 is 10.4 Å². The molecule has 4 nitrogen and oxygen atoms in total. The number of carboxylic acid groups (broad SMARTS) is 1. The van der Waals surface area contributed by atoms with Gasteiger partial charge in [0, 0.05) is 30.2 Å². The van der Waals surface area contributed by atoms with Gasteiger partial charge in [-0.15, -0.1) is 11.3 Å². The van der Waals surface area contributed by atoms with E-state index in [0.717, 1.165) is 23.7 Å². The van der Waals surface area contributed by atoms with Crippen molar-refractivity contribution in [3.05, 3.63) is 46.4 Å². The molecule has 17 heavy (non-hydrogen) atoms. The van der Waals surface area contributed by atoms with Crippen molar-refractivity contribution in [3.63, 3.8) is 0 Å². The molecule has 0 amide bonds. The highest BCUT2D eigenvalue weighted by molar-refractivity contribution is 7.09. The largest absolute Gasteiger partial charge is 0.478 e.